The number of nitrogens with two attached hydrogens (primary N) is 1. The van der Waals surface area contributed by atoms with Crippen LogP contribution >= 0.6 is 0 Å². The van der Waals surface area contributed by atoms with Gasteiger partial charge in [-0.1, -0.05) is 30.3 Å². The summed E-state index contributed by atoms with van der Waals surface area (Å²) in [5.41, 5.74) is 7.34. The zero-order chi connectivity index (χ0) is 12.1. The molecule has 3 nitrogen and oxygen atoms in total. The Kier molecular flexibility index (Phi) is 3.60. The summed E-state index contributed by atoms with van der Waals surface area (Å²) in [4.78, 5) is 10.7. The highest BCUT2D eigenvalue weighted by atomic mass is 16.3. The van der Waals surface area contributed by atoms with Gasteiger partial charge in [0.05, 0.1) is 6.26 Å². The van der Waals surface area contributed by atoms with E-state index >= 15 is 0 Å². The van der Waals surface area contributed by atoms with E-state index in [1.807, 2.05) is 36.4 Å². The average Bonchev–Trinajstić information content (AvgIpc) is 2.78. The van der Waals surface area contributed by atoms with Gasteiger partial charge in [-0.25, -0.2) is 0 Å². The van der Waals surface area contributed by atoms with Gasteiger partial charge in [0.2, 0.25) is 5.91 Å². The molecule has 17 heavy (non-hydrogen) atoms. The van der Waals surface area contributed by atoms with Crippen molar-refractivity contribution in [2.75, 3.05) is 0 Å². The van der Waals surface area contributed by atoms with Crippen molar-refractivity contribution in [3.8, 4) is 11.1 Å². The maximum atomic E-state index is 10.7. The second kappa shape index (κ2) is 5.34. The summed E-state index contributed by atoms with van der Waals surface area (Å²) in [7, 11) is 0. The summed E-state index contributed by atoms with van der Waals surface area (Å²) in [5, 5.41) is 0. The summed E-state index contributed by atoms with van der Waals surface area (Å²) in [6, 6.07) is 12.0. The Balaban J connectivity index is 2.10. The van der Waals surface area contributed by atoms with Gasteiger partial charge in [0.25, 0.3) is 0 Å². The molecule has 0 unspecified atom stereocenters. The fourth-order valence-electron chi connectivity index (χ4n) is 1.83. The van der Waals surface area contributed by atoms with Gasteiger partial charge in [-0.3, -0.25) is 4.79 Å². The topological polar surface area (TPSA) is 56.2 Å². The molecule has 1 aromatic carbocycles. The van der Waals surface area contributed by atoms with Crippen molar-refractivity contribution < 1.29 is 9.21 Å². The van der Waals surface area contributed by atoms with Gasteiger partial charge in [-0.2, -0.15) is 0 Å². The Morgan fingerprint density at radius 1 is 1.18 bits per heavy atom. The van der Waals surface area contributed by atoms with E-state index in [2.05, 4.69) is 0 Å². The van der Waals surface area contributed by atoms with Crippen molar-refractivity contribution in [2.45, 2.75) is 19.3 Å². The highest BCUT2D eigenvalue weighted by Gasteiger charge is 2.08. The van der Waals surface area contributed by atoms with Gasteiger partial charge in [0.1, 0.15) is 5.76 Å². The number of amides is 1. The maximum Gasteiger partial charge on any atom is 0.217 e. The third-order valence-corrected chi connectivity index (χ3v) is 2.66. The van der Waals surface area contributed by atoms with E-state index < -0.39 is 0 Å². The molecule has 0 bridgehead atoms. The monoisotopic (exact) mass is 229 g/mol. The standard InChI is InChI=1S/C14H15NO2/c15-14(16)8-4-7-13-12(9-10-17-13)11-5-2-1-3-6-11/h1-3,5-6,9-10H,4,7-8H2,(H2,15,16). The van der Waals surface area contributed by atoms with E-state index in [1.165, 1.54) is 0 Å². The molecule has 0 aliphatic heterocycles. The van der Waals surface area contributed by atoms with Crippen molar-refractivity contribution >= 4 is 5.91 Å². The largest absolute Gasteiger partial charge is 0.469 e. The molecular weight excluding hydrogens is 214 g/mol. The molecule has 3 heteroatoms. The number of primary amides is 1. The Bertz CT molecular complexity index is 488. The predicted molar refractivity (Wildman–Crippen MR) is 66.3 cm³/mol. The van der Waals surface area contributed by atoms with Crippen LogP contribution in [0.5, 0.6) is 0 Å². The lowest BCUT2D eigenvalue weighted by Crippen LogP contribution is -2.10. The summed E-state index contributed by atoms with van der Waals surface area (Å²) in [5.74, 6) is 0.648. The van der Waals surface area contributed by atoms with Crippen LogP contribution in [0.25, 0.3) is 11.1 Å². The lowest BCUT2D eigenvalue weighted by molar-refractivity contribution is -0.118. The fourth-order valence-corrected chi connectivity index (χ4v) is 1.83. The SMILES string of the molecule is NC(=O)CCCc1occc1-c1ccccc1. The van der Waals surface area contributed by atoms with Crippen molar-refractivity contribution in [3.63, 3.8) is 0 Å². The van der Waals surface area contributed by atoms with Crippen molar-refractivity contribution in [2.24, 2.45) is 5.73 Å². The Morgan fingerprint density at radius 2 is 1.94 bits per heavy atom. The third kappa shape index (κ3) is 2.97. The molecular formula is C14H15NO2. The molecule has 0 fully saturated rings. The van der Waals surface area contributed by atoms with Gasteiger partial charge < -0.3 is 10.2 Å². The summed E-state index contributed by atoms with van der Waals surface area (Å²) < 4.78 is 5.45. The molecule has 0 aliphatic rings. The highest BCUT2D eigenvalue weighted by Crippen LogP contribution is 2.25. The van der Waals surface area contributed by atoms with Crippen molar-refractivity contribution in [1.82, 2.24) is 0 Å². The molecule has 2 N–H and O–H groups in total. The van der Waals surface area contributed by atoms with Crippen LogP contribution in [0.4, 0.5) is 0 Å². The van der Waals surface area contributed by atoms with E-state index in [9.17, 15) is 4.79 Å². The van der Waals surface area contributed by atoms with Crippen LogP contribution in [0, 0.1) is 0 Å². The molecule has 2 aromatic rings. The Labute approximate surface area is 100 Å². The van der Waals surface area contributed by atoms with Gasteiger partial charge in [-0.05, 0) is 18.1 Å². The molecule has 1 aromatic heterocycles. The first-order chi connectivity index (χ1) is 8.27. The normalized spacial score (nSPS) is 10.4. The quantitative estimate of drug-likeness (QED) is 0.857. The van der Waals surface area contributed by atoms with Crippen molar-refractivity contribution in [3.05, 3.63) is 48.4 Å². The molecule has 2 rings (SSSR count). The number of benzene rings is 1. The van der Waals surface area contributed by atoms with Crippen LogP contribution in [-0.2, 0) is 11.2 Å². The van der Waals surface area contributed by atoms with Crippen LogP contribution < -0.4 is 5.73 Å². The number of carbonyl (C=O) groups excluding carboxylic acids is 1. The molecule has 0 saturated heterocycles. The smallest absolute Gasteiger partial charge is 0.217 e. The second-order valence-corrected chi connectivity index (χ2v) is 3.94. The van der Waals surface area contributed by atoms with E-state index in [-0.39, 0.29) is 5.91 Å². The van der Waals surface area contributed by atoms with Gasteiger partial charge in [0, 0.05) is 18.4 Å². The summed E-state index contributed by atoms with van der Waals surface area (Å²) in [6.45, 7) is 0. The number of rotatable bonds is 5. The fraction of sp³-hybridized carbons (Fsp3) is 0.214. The number of aryl methyl sites for hydroxylation is 1. The van der Waals surface area contributed by atoms with E-state index in [0.717, 1.165) is 29.7 Å². The molecule has 0 aliphatic carbocycles. The molecule has 0 radical (unpaired) electrons. The highest BCUT2D eigenvalue weighted by molar-refractivity contribution is 5.73. The lowest BCUT2D eigenvalue weighted by atomic mass is 10.0. The van der Waals surface area contributed by atoms with Crippen LogP contribution in [-0.4, -0.2) is 5.91 Å². The van der Waals surface area contributed by atoms with E-state index in [0.29, 0.717) is 6.42 Å². The molecule has 1 heterocycles. The predicted octanol–water partition coefficient (Wildman–Crippen LogP) is 2.75. The van der Waals surface area contributed by atoms with E-state index in [4.69, 9.17) is 10.2 Å². The van der Waals surface area contributed by atoms with Crippen LogP contribution in [0.2, 0.25) is 0 Å². The Hall–Kier alpha value is -2.03. The first-order valence-electron chi connectivity index (χ1n) is 5.67. The van der Waals surface area contributed by atoms with Crippen LogP contribution in [0.1, 0.15) is 18.6 Å². The minimum atomic E-state index is -0.266. The molecule has 0 spiro atoms. The minimum Gasteiger partial charge on any atom is -0.469 e. The zero-order valence-electron chi connectivity index (χ0n) is 9.56. The Morgan fingerprint density at radius 3 is 2.65 bits per heavy atom. The number of hydrogen-bond donors (Lipinski definition) is 1. The maximum absolute atomic E-state index is 10.7. The molecule has 0 saturated carbocycles. The summed E-state index contributed by atoms with van der Waals surface area (Å²) >= 11 is 0. The zero-order valence-corrected chi connectivity index (χ0v) is 9.56. The van der Waals surface area contributed by atoms with Crippen LogP contribution in [0.3, 0.4) is 0 Å². The molecule has 88 valence electrons. The number of carbonyl (C=O) groups is 1. The van der Waals surface area contributed by atoms with Gasteiger partial charge in [-0.15, -0.1) is 0 Å². The van der Waals surface area contributed by atoms with Crippen molar-refractivity contribution in [1.29, 1.82) is 0 Å². The lowest BCUT2D eigenvalue weighted by Gasteiger charge is -2.02. The minimum absolute atomic E-state index is 0.266. The number of hydrogen-bond acceptors (Lipinski definition) is 2. The van der Waals surface area contributed by atoms with Crippen LogP contribution in [0.15, 0.2) is 47.1 Å². The van der Waals surface area contributed by atoms with Gasteiger partial charge >= 0.3 is 0 Å². The second-order valence-electron chi connectivity index (χ2n) is 3.94. The molecule has 1 amide bonds. The number of furan rings is 1. The third-order valence-electron chi connectivity index (χ3n) is 2.66. The average molecular weight is 229 g/mol. The van der Waals surface area contributed by atoms with Gasteiger partial charge in [0.15, 0.2) is 0 Å². The summed E-state index contributed by atoms with van der Waals surface area (Å²) in [6.07, 6.45) is 3.54. The van der Waals surface area contributed by atoms with E-state index in [1.54, 1.807) is 6.26 Å². The first-order valence-corrected chi connectivity index (χ1v) is 5.67. The molecule has 0 atom stereocenters. The first kappa shape index (κ1) is 11.5.